The summed E-state index contributed by atoms with van der Waals surface area (Å²) >= 11 is 1.37. The van der Waals surface area contributed by atoms with E-state index in [1.165, 1.54) is 34.7 Å². The Labute approximate surface area is 147 Å². The van der Waals surface area contributed by atoms with Crippen molar-refractivity contribution in [1.29, 1.82) is 0 Å². The molecule has 0 saturated carbocycles. The number of carboxylic acid groups (broad SMARTS) is 1. The smallest absolute Gasteiger partial charge is 0.340 e. The van der Waals surface area contributed by atoms with E-state index in [0.717, 1.165) is 6.07 Å². The van der Waals surface area contributed by atoms with E-state index in [9.17, 15) is 34.4 Å². The number of carbonyl (C=O) groups excluding carboxylic acids is 3. The lowest BCUT2D eigenvalue weighted by Gasteiger charge is -2.31. The molecule has 0 aliphatic carbocycles. The van der Waals surface area contributed by atoms with Crippen LogP contribution in [0.3, 0.4) is 0 Å². The number of alkyl halides is 1. The van der Waals surface area contributed by atoms with Crippen LogP contribution in [0.4, 0.5) is 5.69 Å². The van der Waals surface area contributed by atoms with Crippen LogP contribution < -0.4 is 5.73 Å². The lowest BCUT2D eigenvalue weighted by atomic mass is 10.1. The van der Waals surface area contributed by atoms with Gasteiger partial charge in [0.1, 0.15) is 5.56 Å². The average molecular weight is 447 g/mol. The van der Waals surface area contributed by atoms with Gasteiger partial charge in [-0.15, -0.1) is 0 Å². The lowest BCUT2D eigenvalue weighted by molar-refractivity contribution is -0.385. The molecule has 10 nitrogen and oxygen atoms in total. The largest absolute Gasteiger partial charge is 0.479 e. The molecule has 1 unspecified atom stereocenters. The molecule has 0 aromatic heterocycles. The Morgan fingerprint density at radius 2 is 1.96 bits per heavy atom. The number of carboxylic acids is 1. The number of nitrogens with two attached hydrogens (primary N) is 1. The number of nitro benzene ring substituents is 1. The summed E-state index contributed by atoms with van der Waals surface area (Å²) in [6.07, 6.45) is -0.803. The molecular formula is C13H10IN3O7. The summed E-state index contributed by atoms with van der Waals surface area (Å²) in [7, 11) is 0. The van der Waals surface area contributed by atoms with E-state index in [0.29, 0.717) is 4.90 Å². The molecule has 1 aromatic carbocycles. The Hall–Kier alpha value is -2.57. The predicted molar refractivity (Wildman–Crippen MR) is 86.4 cm³/mol. The summed E-state index contributed by atoms with van der Waals surface area (Å²) in [4.78, 5) is 58.3. The molecule has 0 saturated heterocycles. The van der Waals surface area contributed by atoms with E-state index in [2.05, 4.69) is 0 Å². The van der Waals surface area contributed by atoms with E-state index in [4.69, 9.17) is 5.73 Å². The van der Waals surface area contributed by atoms with Gasteiger partial charge in [-0.1, -0.05) is 6.07 Å². The molecule has 2 rings (SSSR count). The van der Waals surface area contributed by atoms with E-state index >= 15 is 0 Å². The van der Waals surface area contributed by atoms with Gasteiger partial charge >= 0.3 is 5.97 Å². The van der Waals surface area contributed by atoms with E-state index in [1.54, 1.807) is 0 Å². The zero-order valence-electron chi connectivity index (χ0n) is 11.9. The molecular weight excluding hydrogens is 437 g/mol. The number of hydrogen-bond donors (Lipinski definition) is 2. The Balaban J connectivity index is 2.56. The van der Waals surface area contributed by atoms with Crippen LogP contribution in [-0.2, 0) is 9.59 Å². The van der Waals surface area contributed by atoms with Crippen LogP contribution in [0.5, 0.6) is 0 Å². The highest BCUT2D eigenvalue weighted by Gasteiger charge is 2.54. The van der Waals surface area contributed by atoms with Crippen molar-refractivity contribution < 1.29 is 29.2 Å². The quantitative estimate of drug-likeness (QED) is 0.162. The first-order chi connectivity index (χ1) is 11.1. The predicted octanol–water partition coefficient (Wildman–Crippen LogP) is 0.672. The fourth-order valence-corrected chi connectivity index (χ4v) is 3.05. The highest BCUT2D eigenvalue weighted by molar-refractivity contribution is 14.1. The van der Waals surface area contributed by atoms with E-state index in [1.807, 2.05) is 0 Å². The highest BCUT2D eigenvalue weighted by Crippen LogP contribution is 2.39. The van der Waals surface area contributed by atoms with Crippen LogP contribution in [0.25, 0.3) is 0 Å². The molecule has 126 valence electrons. The van der Waals surface area contributed by atoms with Gasteiger partial charge in [0.25, 0.3) is 17.5 Å². The second-order valence-corrected chi connectivity index (χ2v) is 6.72. The van der Waals surface area contributed by atoms with Crippen molar-refractivity contribution in [2.45, 2.75) is 16.4 Å². The minimum Gasteiger partial charge on any atom is -0.479 e. The van der Waals surface area contributed by atoms with Crippen molar-refractivity contribution in [1.82, 2.24) is 4.90 Å². The molecule has 24 heavy (non-hydrogen) atoms. The Bertz CT molecular complexity index is 794. The van der Waals surface area contributed by atoms with Crippen molar-refractivity contribution in [2.24, 2.45) is 5.73 Å². The zero-order chi connectivity index (χ0) is 18.2. The number of nitrogens with zero attached hydrogens (tertiary/aromatic N) is 2. The van der Waals surface area contributed by atoms with Gasteiger partial charge in [0.2, 0.25) is 5.91 Å². The maximum Gasteiger partial charge on any atom is 0.340 e. The van der Waals surface area contributed by atoms with Crippen LogP contribution in [-0.4, -0.2) is 42.2 Å². The maximum atomic E-state index is 12.5. The Kier molecular flexibility index (Phi) is 4.55. The SMILES string of the molecule is NC(=O)CCC(I)(C(=O)O)N1C(=O)c2cccc([N+](=O)[O-])c2C1=O. The third-order valence-electron chi connectivity index (χ3n) is 3.47. The summed E-state index contributed by atoms with van der Waals surface area (Å²) in [6, 6.07) is 3.48. The molecule has 0 radical (unpaired) electrons. The van der Waals surface area contributed by atoms with Gasteiger partial charge in [-0.25, -0.2) is 9.69 Å². The fourth-order valence-electron chi connectivity index (χ4n) is 2.34. The molecule has 0 spiro atoms. The molecule has 3 amide bonds. The summed E-state index contributed by atoms with van der Waals surface area (Å²) in [6.45, 7) is 0. The van der Waals surface area contributed by atoms with Crippen LogP contribution >= 0.6 is 22.6 Å². The molecule has 1 heterocycles. The lowest BCUT2D eigenvalue weighted by Crippen LogP contribution is -2.53. The van der Waals surface area contributed by atoms with Crippen molar-refractivity contribution in [2.75, 3.05) is 0 Å². The van der Waals surface area contributed by atoms with Crippen LogP contribution in [0, 0.1) is 10.1 Å². The topological polar surface area (TPSA) is 161 Å². The second-order valence-electron chi connectivity index (χ2n) is 4.93. The van der Waals surface area contributed by atoms with Crippen LogP contribution in [0.1, 0.15) is 33.6 Å². The fraction of sp³-hybridized carbons (Fsp3) is 0.231. The number of aliphatic carboxylic acids is 1. The number of nitro groups is 1. The van der Waals surface area contributed by atoms with Crippen molar-refractivity contribution in [3.63, 3.8) is 0 Å². The van der Waals surface area contributed by atoms with Crippen LogP contribution in [0.2, 0.25) is 0 Å². The number of primary amides is 1. The van der Waals surface area contributed by atoms with Crippen molar-refractivity contribution >= 4 is 52.0 Å². The summed E-state index contributed by atoms with van der Waals surface area (Å²) in [5, 5.41) is 20.5. The number of hydrogen-bond acceptors (Lipinski definition) is 6. The van der Waals surface area contributed by atoms with Gasteiger partial charge in [0, 0.05) is 18.9 Å². The summed E-state index contributed by atoms with van der Waals surface area (Å²) in [5.74, 6) is -4.41. The first-order valence-electron chi connectivity index (χ1n) is 6.48. The summed E-state index contributed by atoms with van der Waals surface area (Å²) in [5.41, 5.74) is 3.69. The molecule has 3 N–H and O–H groups in total. The van der Waals surface area contributed by atoms with E-state index in [-0.39, 0.29) is 12.0 Å². The van der Waals surface area contributed by atoms with Gasteiger partial charge < -0.3 is 10.8 Å². The van der Waals surface area contributed by atoms with Gasteiger partial charge in [0.05, 0.1) is 10.5 Å². The van der Waals surface area contributed by atoms with E-state index < -0.39 is 49.8 Å². The number of amides is 3. The second kappa shape index (κ2) is 6.14. The number of carbonyl (C=O) groups is 4. The van der Waals surface area contributed by atoms with Gasteiger partial charge in [-0.2, -0.15) is 0 Å². The minimum absolute atomic E-state index is 0.254. The Morgan fingerprint density at radius 3 is 2.46 bits per heavy atom. The zero-order valence-corrected chi connectivity index (χ0v) is 14.1. The van der Waals surface area contributed by atoms with Gasteiger partial charge in [-0.05, 0) is 28.7 Å². The normalized spacial score (nSPS) is 15.8. The number of benzene rings is 1. The first kappa shape index (κ1) is 17.8. The standard InChI is InChI=1S/C13H10IN3O7/c14-13(12(21)22,5-4-8(15)18)16-10(19)6-2-1-3-7(17(23)24)9(6)11(16)20/h1-3H,4-5H2,(H2,15,18)(H,21,22). The molecule has 1 aliphatic rings. The number of fused-ring (bicyclic) bond motifs is 1. The molecule has 11 heteroatoms. The molecule has 0 fully saturated rings. The Morgan fingerprint density at radius 1 is 1.33 bits per heavy atom. The van der Waals surface area contributed by atoms with Crippen LogP contribution in [0.15, 0.2) is 18.2 Å². The molecule has 1 aliphatic heterocycles. The van der Waals surface area contributed by atoms with Crippen molar-refractivity contribution in [3.8, 4) is 0 Å². The summed E-state index contributed by atoms with van der Waals surface area (Å²) < 4.78 is -2.09. The molecule has 0 bridgehead atoms. The number of imide groups is 1. The monoisotopic (exact) mass is 447 g/mol. The molecule has 1 aromatic rings. The maximum absolute atomic E-state index is 12.5. The first-order valence-corrected chi connectivity index (χ1v) is 7.56. The number of halogens is 1. The highest BCUT2D eigenvalue weighted by atomic mass is 127. The third kappa shape index (κ3) is 2.70. The number of rotatable bonds is 6. The minimum atomic E-state index is -2.09. The van der Waals surface area contributed by atoms with Crippen molar-refractivity contribution in [3.05, 3.63) is 39.4 Å². The average Bonchev–Trinajstić information content (AvgIpc) is 2.76. The van der Waals surface area contributed by atoms with Gasteiger partial charge in [0.15, 0.2) is 3.55 Å². The van der Waals surface area contributed by atoms with Gasteiger partial charge in [-0.3, -0.25) is 24.5 Å². The molecule has 1 atom stereocenters. The third-order valence-corrected chi connectivity index (χ3v) is 4.96.